The molecule has 0 aromatic carbocycles. The minimum atomic E-state index is -0.176. The van der Waals surface area contributed by atoms with Crippen molar-refractivity contribution in [1.82, 2.24) is 0 Å². The maximum absolute atomic E-state index is 10.0. The van der Waals surface area contributed by atoms with Crippen LogP contribution in [0.3, 0.4) is 0 Å². The number of rotatable bonds is 1. The average molecular weight is 300 g/mol. The van der Waals surface area contributed by atoms with Crippen molar-refractivity contribution in [2.24, 2.45) is 34.5 Å². The predicted molar refractivity (Wildman–Crippen MR) is 91.4 cm³/mol. The zero-order chi connectivity index (χ0) is 15.5. The highest BCUT2D eigenvalue weighted by Crippen LogP contribution is 2.66. The van der Waals surface area contributed by atoms with Crippen LogP contribution in [0, 0.1) is 34.5 Å². The van der Waals surface area contributed by atoms with Gasteiger partial charge in [0.25, 0.3) is 0 Å². The Morgan fingerprint density at radius 3 is 2.68 bits per heavy atom. The molecule has 0 spiro atoms. The molecule has 4 rings (SSSR count). The summed E-state index contributed by atoms with van der Waals surface area (Å²) in [5.74, 6) is 3.44. The minimum Gasteiger partial charge on any atom is -0.389 e. The van der Waals surface area contributed by atoms with E-state index in [1.807, 2.05) is 0 Å². The third-order valence-corrected chi connectivity index (χ3v) is 8.45. The van der Waals surface area contributed by atoms with Crippen molar-refractivity contribution >= 4 is 0 Å². The first-order chi connectivity index (χ1) is 10.5. The van der Waals surface area contributed by atoms with E-state index in [2.05, 4.69) is 32.6 Å². The van der Waals surface area contributed by atoms with Gasteiger partial charge in [0.2, 0.25) is 0 Å². The van der Waals surface area contributed by atoms with Crippen LogP contribution in [0.2, 0.25) is 0 Å². The highest BCUT2D eigenvalue weighted by atomic mass is 16.3. The number of allylic oxidation sites excluding steroid dienone is 2. The van der Waals surface area contributed by atoms with Crippen LogP contribution in [0.4, 0.5) is 0 Å². The maximum atomic E-state index is 10.0. The first-order valence-corrected chi connectivity index (χ1v) is 9.51. The van der Waals surface area contributed by atoms with E-state index in [9.17, 15) is 5.11 Å². The summed E-state index contributed by atoms with van der Waals surface area (Å²) in [7, 11) is 0. The first kappa shape index (κ1) is 15.0. The molecule has 0 heterocycles. The van der Waals surface area contributed by atoms with Gasteiger partial charge in [-0.25, -0.2) is 0 Å². The predicted octanol–water partition coefficient (Wildman–Crippen LogP) is 5.11. The number of hydrogen-bond acceptors (Lipinski definition) is 1. The first-order valence-electron chi connectivity index (χ1n) is 9.51. The van der Waals surface area contributed by atoms with E-state index in [4.69, 9.17) is 0 Å². The molecule has 3 unspecified atom stereocenters. The molecule has 1 nitrogen and oxygen atoms in total. The molecule has 7 atom stereocenters. The molecule has 4 aliphatic rings. The molecular weight excluding hydrogens is 268 g/mol. The molecule has 1 heteroatoms. The summed E-state index contributed by atoms with van der Waals surface area (Å²) in [5, 5.41) is 10.0. The summed E-state index contributed by atoms with van der Waals surface area (Å²) in [5.41, 5.74) is 2.50. The van der Waals surface area contributed by atoms with Crippen molar-refractivity contribution < 1.29 is 5.11 Å². The summed E-state index contributed by atoms with van der Waals surface area (Å²) in [6.45, 7) is 9.21. The summed E-state index contributed by atoms with van der Waals surface area (Å²) in [4.78, 5) is 0. The van der Waals surface area contributed by atoms with E-state index in [0.717, 1.165) is 30.1 Å². The summed E-state index contributed by atoms with van der Waals surface area (Å²) >= 11 is 0. The largest absolute Gasteiger partial charge is 0.389 e. The lowest BCUT2D eigenvalue weighted by Crippen LogP contribution is -2.50. The number of fused-ring (bicyclic) bond motifs is 5. The fourth-order valence-electron chi connectivity index (χ4n) is 7.14. The number of aliphatic hydroxyl groups is 1. The third-order valence-electron chi connectivity index (χ3n) is 8.45. The van der Waals surface area contributed by atoms with Gasteiger partial charge in [-0.1, -0.05) is 31.6 Å². The minimum absolute atomic E-state index is 0.176. The smallest absolute Gasteiger partial charge is 0.0724 e. The molecular formula is C21H32O. The van der Waals surface area contributed by atoms with Crippen LogP contribution in [0.5, 0.6) is 0 Å². The second-order valence-corrected chi connectivity index (χ2v) is 9.09. The molecule has 0 aliphatic heterocycles. The van der Waals surface area contributed by atoms with Gasteiger partial charge in [0.15, 0.2) is 0 Å². The zero-order valence-corrected chi connectivity index (χ0v) is 14.4. The Bertz CT molecular complexity index is 506. The van der Waals surface area contributed by atoms with Gasteiger partial charge in [-0.15, -0.1) is 6.58 Å². The molecule has 0 aromatic rings. The van der Waals surface area contributed by atoms with Gasteiger partial charge in [0.05, 0.1) is 6.10 Å². The van der Waals surface area contributed by atoms with Crippen LogP contribution in [-0.2, 0) is 0 Å². The Morgan fingerprint density at radius 1 is 1.09 bits per heavy atom. The average Bonchev–Trinajstić information content (AvgIpc) is 2.84. The lowest BCUT2D eigenvalue weighted by Gasteiger charge is -2.58. The van der Waals surface area contributed by atoms with Crippen LogP contribution in [0.15, 0.2) is 24.3 Å². The van der Waals surface area contributed by atoms with E-state index in [1.165, 1.54) is 44.9 Å². The third kappa shape index (κ3) is 1.87. The number of aliphatic hydroxyl groups excluding tert-OH is 1. The molecule has 122 valence electrons. The van der Waals surface area contributed by atoms with Crippen molar-refractivity contribution in [3.63, 3.8) is 0 Å². The van der Waals surface area contributed by atoms with Crippen molar-refractivity contribution in [3.8, 4) is 0 Å². The normalized spacial score (nSPS) is 54.0. The van der Waals surface area contributed by atoms with Crippen LogP contribution >= 0.6 is 0 Å². The SMILES string of the molecule is C=C[C@H]1CCC2C3CCC4=C[C@H](O)CC[C@]4(C)C3CC[C@@]21C. The lowest BCUT2D eigenvalue weighted by atomic mass is 9.47. The standard InChI is InChI=1S/C21H32O/c1-4-14-6-8-18-17-7-5-15-13-16(22)9-11-21(15,3)19(17)10-12-20(14,18)2/h4,13-14,16-19,22H,1,5-12H2,2-3H3/t14-,16+,17?,18?,19?,20+,21-/m0/s1. The van der Waals surface area contributed by atoms with Gasteiger partial charge < -0.3 is 5.11 Å². The van der Waals surface area contributed by atoms with Crippen molar-refractivity contribution in [2.45, 2.75) is 71.3 Å². The fraction of sp³-hybridized carbons (Fsp3) is 0.810. The van der Waals surface area contributed by atoms with Gasteiger partial charge >= 0.3 is 0 Å². The van der Waals surface area contributed by atoms with Crippen LogP contribution in [0.1, 0.15) is 65.2 Å². The number of hydrogen-bond donors (Lipinski definition) is 1. The quantitative estimate of drug-likeness (QED) is 0.667. The Hall–Kier alpha value is -0.560. The Morgan fingerprint density at radius 2 is 1.91 bits per heavy atom. The van der Waals surface area contributed by atoms with E-state index < -0.39 is 0 Å². The Balaban J connectivity index is 1.67. The molecule has 4 aliphatic carbocycles. The summed E-state index contributed by atoms with van der Waals surface area (Å²) in [6, 6.07) is 0. The fourth-order valence-corrected chi connectivity index (χ4v) is 7.14. The monoisotopic (exact) mass is 300 g/mol. The van der Waals surface area contributed by atoms with Crippen molar-refractivity contribution in [3.05, 3.63) is 24.3 Å². The summed E-state index contributed by atoms with van der Waals surface area (Å²) < 4.78 is 0. The summed E-state index contributed by atoms with van der Waals surface area (Å²) in [6.07, 6.45) is 14.6. The molecule has 0 saturated heterocycles. The van der Waals surface area contributed by atoms with Gasteiger partial charge in [-0.05, 0) is 85.9 Å². The van der Waals surface area contributed by atoms with E-state index in [1.54, 1.807) is 5.57 Å². The van der Waals surface area contributed by atoms with E-state index in [-0.39, 0.29) is 6.10 Å². The van der Waals surface area contributed by atoms with E-state index >= 15 is 0 Å². The van der Waals surface area contributed by atoms with Gasteiger partial charge in [0, 0.05) is 0 Å². The zero-order valence-electron chi connectivity index (χ0n) is 14.4. The topological polar surface area (TPSA) is 20.2 Å². The molecule has 22 heavy (non-hydrogen) atoms. The Labute approximate surface area is 135 Å². The Kier molecular flexibility index (Phi) is 3.39. The highest BCUT2D eigenvalue weighted by Gasteiger charge is 2.58. The van der Waals surface area contributed by atoms with Gasteiger partial charge in [-0.3, -0.25) is 0 Å². The molecule has 3 fully saturated rings. The highest BCUT2D eigenvalue weighted by molar-refractivity contribution is 5.25. The molecule has 0 bridgehead atoms. The second kappa shape index (κ2) is 4.97. The van der Waals surface area contributed by atoms with Crippen molar-refractivity contribution in [2.75, 3.05) is 0 Å². The van der Waals surface area contributed by atoms with Crippen LogP contribution in [-0.4, -0.2) is 11.2 Å². The molecule has 0 radical (unpaired) electrons. The maximum Gasteiger partial charge on any atom is 0.0724 e. The van der Waals surface area contributed by atoms with E-state index in [0.29, 0.717) is 10.8 Å². The lowest BCUT2D eigenvalue weighted by molar-refractivity contribution is -0.0495. The molecule has 3 saturated carbocycles. The van der Waals surface area contributed by atoms with Gasteiger partial charge in [-0.2, -0.15) is 0 Å². The van der Waals surface area contributed by atoms with Crippen LogP contribution in [0.25, 0.3) is 0 Å². The van der Waals surface area contributed by atoms with Crippen LogP contribution < -0.4 is 0 Å². The molecule has 0 amide bonds. The molecule has 0 aromatic heterocycles. The van der Waals surface area contributed by atoms with Gasteiger partial charge in [0.1, 0.15) is 0 Å². The van der Waals surface area contributed by atoms with Crippen molar-refractivity contribution in [1.29, 1.82) is 0 Å². The molecule has 1 N–H and O–H groups in total. The second-order valence-electron chi connectivity index (χ2n) is 9.09.